The number of rotatable bonds is 3. The van der Waals surface area contributed by atoms with E-state index in [0.29, 0.717) is 0 Å². The molecular weight excluding hydrogens is 220 g/mol. The second kappa shape index (κ2) is 5.49. The van der Waals surface area contributed by atoms with Gasteiger partial charge in [0, 0.05) is 5.54 Å². The zero-order valence-electron chi connectivity index (χ0n) is 11.9. The average molecular weight is 244 g/mol. The molecule has 5 nitrogen and oxygen atoms in total. The summed E-state index contributed by atoms with van der Waals surface area (Å²) >= 11 is 0. The van der Waals surface area contributed by atoms with Crippen LogP contribution in [-0.2, 0) is 9.53 Å². The van der Waals surface area contributed by atoms with Gasteiger partial charge in [0.05, 0.1) is 5.54 Å². The molecule has 0 saturated carbocycles. The van der Waals surface area contributed by atoms with Crippen LogP contribution >= 0.6 is 0 Å². The quantitative estimate of drug-likeness (QED) is 0.772. The fourth-order valence-corrected chi connectivity index (χ4v) is 1.05. The van der Waals surface area contributed by atoms with E-state index in [-0.39, 0.29) is 17.9 Å². The summed E-state index contributed by atoms with van der Waals surface area (Å²) in [4.78, 5) is 22.7. The maximum atomic E-state index is 11.9. The van der Waals surface area contributed by atoms with Crippen LogP contribution in [0.15, 0.2) is 0 Å². The van der Waals surface area contributed by atoms with Crippen LogP contribution in [0.25, 0.3) is 0 Å². The van der Waals surface area contributed by atoms with Crippen molar-refractivity contribution in [3.05, 3.63) is 0 Å². The Morgan fingerprint density at radius 1 is 1.12 bits per heavy atom. The van der Waals surface area contributed by atoms with E-state index in [4.69, 9.17) is 4.74 Å². The first-order chi connectivity index (χ1) is 7.43. The molecule has 17 heavy (non-hydrogen) atoms. The Balaban J connectivity index is 4.70. The summed E-state index contributed by atoms with van der Waals surface area (Å²) in [5, 5.41) is 1.41. The van der Waals surface area contributed by atoms with Gasteiger partial charge in [0.25, 0.3) is 0 Å². The van der Waals surface area contributed by atoms with Gasteiger partial charge in [0.2, 0.25) is 0 Å². The fourth-order valence-electron chi connectivity index (χ4n) is 1.05. The maximum absolute atomic E-state index is 11.9. The number of nitrogens with zero attached hydrogens (tertiary/aromatic N) is 1. The second-order valence-electron chi connectivity index (χ2n) is 6.12. The van der Waals surface area contributed by atoms with E-state index in [0.717, 1.165) is 0 Å². The molecule has 0 bridgehead atoms. The van der Waals surface area contributed by atoms with E-state index in [1.807, 2.05) is 41.5 Å². The first-order valence-electron chi connectivity index (χ1n) is 5.68. The number of hydrogen-bond donors (Lipinski definition) is 1. The minimum atomic E-state index is -0.539. The molecule has 100 valence electrons. The summed E-state index contributed by atoms with van der Waals surface area (Å²) in [5.41, 5.74) is 2.38. The maximum Gasteiger partial charge on any atom is 0.425 e. The largest absolute Gasteiger partial charge is 0.440 e. The van der Waals surface area contributed by atoms with Gasteiger partial charge in [-0.05, 0) is 48.5 Å². The summed E-state index contributed by atoms with van der Waals surface area (Å²) in [7, 11) is 0. The molecule has 0 aliphatic carbocycles. The van der Waals surface area contributed by atoms with Gasteiger partial charge in [-0.15, -0.1) is 0 Å². The number of Topliss-reactive ketones (excluding diaryl/α,β-unsaturated/α-hetero) is 1. The van der Waals surface area contributed by atoms with E-state index >= 15 is 0 Å². The van der Waals surface area contributed by atoms with Gasteiger partial charge in [-0.1, -0.05) is 0 Å². The first-order valence-corrected chi connectivity index (χ1v) is 5.68. The molecule has 5 heteroatoms. The van der Waals surface area contributed by atoms with Crippen molar-refractivity contribution in [2.75, 3.05) is 6.61 Å². The van der Waals surface area contributed by atoms with Crippen molar-refractivity contribution in [1.29, 1.82) is 0 Å². The van der Waals surface area contributed by atoms with Crippen molar-refractivity contribution in [2.45, 2.75) is 59.5 Å². The standard InChI is InChI=1S/C12H24N2O3/c1-9(15)8-17-10(16)14(12(5,6)7)13-11(2,3)4/h13H,8H2,1-7H3. The summed E-state index contributed by atoms with van der Waals surface area (Å²) in [6.07, 6.45) is -0.539. The van der Waals surface area contributed by atoms with Crippen molar-refractivity contribution in [3.8, 4) is 0 Å². The summed E-state index contributed by atoms with van der Waals surface area (Å²) in [6, 6.07) is 0. The summed E-state index contributed by atoms with van der Waals surface area (Å²) < 4.78 is 4.91. The van der Waals surface area contributed by atoms with Crippen LogP contribution in [0.3, 0.4) is 0 Å². The van der Waals surface area contributed by atoms with Gasteiger partial charge >= 0.3 is 6.09 Å². The van der Waals surface area contributed by atoms with Crippen LogP contribution in [0, 0.1) is 0 Å². The van der Waals surface area contributed by atoms with Gasteiger partial charge in [0.1, 0.15) is 0 Å². The third kappa shape index (κ3) is 6.94. The van der Waals surface area contributed by atoms with Crippen LogP contribution < -0.4 is 5.43 Å². The Kier molecular flexibility index (Phi) is 5.13. The van der Waals surface area contributed by atoms with Crippen LogP contribution in [0.4, 0.5) is 4.79 Å². The van der Waals surface area contributed by atoms with Crippen molar-refractivity contribution in [2.24, 2.45) is 0 Å². The SMILES string of the molecule is CC(=O)COC(=O)N(NC(C)(C)C)C(C)(C)C. The van der Waals surface area contributed by atoms with Gasteiger partial charge in [-0.2, -0.15) is 0 Å². The highest BCUT2D eigenvalue weighted by Crippen LogP contribution is 2.15. The number of hydrogen-bond acceptors (Lipinski definition) is 4. The number of ether oxygens (including phenoxy) is 1. The summed E-state index contributed by atoms with van der Waals surface area (Å²) in [5.74, 6) is -0.178. The second-order valence-corrected chi connectivity index (χ2v) is 6.12. The van der Waals surface area contributed by atoms with E-state index in [2.05, 4.69) is 5.43 Å². The Morgan fingerprint density at radius 2 is 1.59 bits per heavy atom. The molecule has 0 saturated heterocycles. The Morgan fingerprint density at radius 3 is 1.88 bits per heavy atom. The monoisotopic (exact) mass is 244 g/mol. The highest BCUT2D eigenvalue weighted by molar-refractivity contribution is 5.79. The van der Waals surface area contributed by atoms with Gasteiger partial charge in [-0.25, -0.2) is 15.2 Å². The lowest BCUT2D eigenvalue weighted by Gasteiger charge is -2.39. The third-order valence-corrected chi connectivity index (χ3v) is 1.70. The molecule has 1 amide bonds. The van der Waals surface area contributed by atoms with E-state index < -0.39 is 11.6 Å². The fraction of sp³-hybridized carbons (Fsp3) is 0.833. The summed E-state index contributed by atoms with van der Waals surface area (Å²) in [6.45, 7) is 12.7. The lowest BCUT2D eigenvalue weighted by Crippen LogP contribution is -2.59. The highest BCUT2D eigenvalue weighted by Gasteiger charge is 2.31. The van der Waals surface area contributed by atoms with Gasteiger partial charge < -0.3 is 4.74 Å². The molecule has 0 heterocycles. The molecule has 0 aliphatic rings. The van der Waals surface area contributed by atoms with Gasteiger partial charge in [-0.3, -0.25) is 4.79 Å². The number of carbonyl (C=O) groups excluding carboxylic acids is 2. The van der Waals surface area contributed by atoms with Crippen LogP contribution in [0.2, 0.25) is 0 Å². The molecule has 0 spiro atoms. The number of nitrogens with one attached hydrogen (secondary N) is 1. The van der Waals surface area contributed by atoms with E-state index in [1.54, 1.807) is 0 Å². The molecule has 1 N–H and O–H groups in total. The normalized spacial score (nSPS) is 12.2. The lowest BCUT2D eigenvalue weighted by molar-refractivity contribution is -0.120. The molecule has 0 atom stereocenters. The topological polar surface area (TPSA) is 58.6 Å². The molecule has 0 radical (unpaired) electrons. The first kappa shape index (κ1) is 15.9. The molecule has 0 fully saturated rings. The van der Waals surface area contributed by atoms with Crippen molar-refractivity contribution in [3.63, 3.8) is 0 Å². The Bertz CT molecular complexity index is 287. The Hall–Kier alpha value is -1.10. The smallest absolute Gasteiger partial charge is 0.425 e. The lowest BCUT2D eigenvalue weighted by atomic mass is 10.1. The molecule has 0 aliphatic heterocycles. The van der Waals surface area contributed by atoms with Crippen molar-refractivity contribution >= 4 is 11.9 Å². The number of ketones is 1. The zero-order valence-corrected chi connectivity index (χ0v) is 11.9. The van der Waals surface area contributed by atoms with Crippen LogP contribution in [-0.4, -0.2) is 34.6 Å². The number of hydrazine groups is 1. The predicted octanol–water partition coefficient (Wildman–Crippen LogP) is 2.12. The Labute approximate surface area is 103 Å². The van der Waals surface area contributed by atoms with E-state index in [1.165, 1.54) is 11.9 Å². The van der Waals surface area contributed by atoms with Crippen molar-refractivity contribution < 1.29 is 14.3 Å². The molecule has 0 rings (SSSR count). The van der Waals surface area contributed by atoms with E-state index in [9.17, 15) is 9.59 Å². The molecule has 0 aromatic carbocycles. The average Bonchev–Trinajstić information content (AvgIpc) is 2.07. The zero-order chi connectivity index (χ0) is 13.9. The number of amides is 1. The minimum Gasteiger partial charge on any atom is -0.440 e. The van der Waals surface area contributed by atoms with Gasteiger partial charge in [0.15, 0.2) is 12.4 Å². The molecule has 0 aromatic heterocycles. The number of carbonyl (C=O) groups is 2. The highest BCUT2D eigenvalue weighted by atomic mass is 16.6. The third-order valence-electron chi connectivity index (χ3n) is 1.70. The molecular formula is C12H24N2O3. The van der Waals surface area contributed by atoms with Crippen molar-refractivity contribution in [1.82, 2.24) is 10.4 Å². The van der Waals surface area contributed by atoms with Crippen LogP contribution in [0.5, 0.6) is 0 Å². The van der Waals surface area contributed by atoms with Crippen LogP contribution in [0.1, 0.15) is 48.5 Å². The molecule has 0 unspecified atom stereocenters. The predicted molar refractivity (Wildman–Crippen MR) is 66.5 cm³/mol. The minimum absolute atomic E-state index is 0.178. The molecule has 0 aromatic rings.